The summed E-state index contributed by atoms with van der Waals surface area (Å²) in [5.41, 5.74) is 2.22. The summed E-state index contributed by atoms with van der Waals surface area (Å²) in [6.07, 6.45) is 2.54. The first-order chi connectivity index (χ1) is 7.58. The summed E-state index contributed by atoms with van der Waals surface area (Å²) >= 11 is 5.98. The predicted molar refractivity (Wildman–Crippen MR) is 67.0 cm³/mol. The summed E-state index contributed by atoms with van der Waals surface area (Å²) in [7, 11) is 0. The number of nitrogens with one attached hydrogen (secondary N) is 1. The second-order valence-corrected chi connectivity index (χ2v) is 4.68. The van der Waals surface area contributed by atoms with Crippen LogP contribution in [0.25, 0.3) is 10.9 Å². The summed E-state index contributed by atoms with van der Waals surface area (Å²) in [6, 6.07) is 5.76. The van der Waals surface area contributed by atoms with Gasteiger partial charge < -0.3 is 9.78 Å². The third kappa shape index (κ3) is 2.12. The number of hydrogen-bond acceptors (Lipinski definition) is 1. The van der Waals surface area contributed by atoms with Crippen molar-refractivity contribution >= 4 is 28.3 Å². The maximum atomic E-state index is 11.1. The Bertz CT molecular complexity index is 530. The first kappa shape index (κ1) is 11.2. The Hall–Kier alpha value is -1.28. The van der Waals surface area contributed by atoms with E-state index in [0.29, 0.717) is 6.42 Å². The highest BCUT2D eigenvalue weighted by molar-refractivity contribution is 6.31. The molecule has 0 fully saturated rings. The molecule has 1 aromatic heterocycles. The summed E-state index contributed by atoms with van der Waals surface area (Å²) in [6.45, 7) is 3.68. The Balaban J connectivity index is 2.44. The predicted octanol–water partition coefficient (Wildman–Crippen LogP) is 3.90. The van der Waals surface area contributed by atoms with Crippen LogP contribution in [0.3, 0.4) is 0 Å². The molecule has 1 unspecified atom stereocenters. The third-order valence-electron chi connectivity index (χ3n) is 2.80. The average molecular weight is 236 g/mol. The lowest BCUT2D eigenvalue weighted by atomic mass is 9.96. The molecule has 0 bridgehead atoms. The zero-order valence-electron chi connectivity index (χ0n) is 9.38. The van der Waals surface area contributed by atoms with Gasteiger partial charge in [0.2, 0.25) is 0 Å². The van der Waals surface area contributed by atoms with E-state index in [1.807, 2.05) is 24.4 Å². The molecule has 1 N–H and O–H groups in total. The van der Waals surface area contributed by atoms with Gasteiger partial charge in [0.15, 0.2) is 0 Å². The quantitative estimate of drug-likeness (QED) is 0.860. The minimum atomic E-state index is 0.212. The van der Waals surface area contributed by atoms with Crippen molar-refractivity contribution in [2.45, 2.75) is 26.2 Å². The number of Topliss-reactive ketones (excluding diaryl/α,β-unsaturated/α-hetero) is 1. The number of carbonyl (C=O) groups excluding carboxylic acids is 1. The number of carbonyl (C=O) groups is 1. The summed E-state index contributed by atoms with van der Waals surface area (Å²) in [5, 5.41) is 1.84. The van der Waals surface area contributed by atoms with E-state index in [4.69, 9.17) is 11.6 Å². The van der Waals surface area contributed by atoms with Gasteiger partial charge in [0.05, 0.1) is 0 Å². The van der Waals surface area contributed by atoms with Crippen LogP contribution >= 0.6 is 11.6 Å². The van der Waals surface area contributed by atoms with E-state index in [2.05, 4.69) is 11.9 Å². The van der Waals surface area contributed by atoms with Crippen LogP contribution in [0, 0.1) is 0 Å². The Labute approximate surface area is 99.6 Å². The van der Waals surface area contributed by atoms with Gasteiger partial charge in [-0.3, -0.25) is 0 Å². The molecular weight excluding hydrogens is 222 g/mol. The standard InChI is InChI=1S/C13H14ClNO/c1-8(5-9(2)16)12-7-15-13-4-3-10(14)6-11(12)13/h3-4,6-8,15H,5H2,1-2H3. The number of rotatable bonds is 3. The number of aromatic amines is 1. The van der Waals surface area contributed by atoms with E-state index < -0.39 is 0 Å². The number of aromatic nitrogens is 1. The molecule has 16 heavy (non-hydrogen) atoms. The van der Waals surface area contributed by atoms with Crippen molar-refractivity contribution in [1.29, 1.82) is 0 Å². The molecule has 0 aliphatic heterocycles. The summed E-state index contributed by atoms with van der Waals surface area (Å²) < 4.78 is 0. The van der Waals surface area contributed by atoms with Crippen molar-refractivity contribution < 1.29 is 4.79 Å². The second-order valence-electron chi connectivity index (χ2n) is 4.24. The Morgan fingerprint density at radius 3 is 2.94 bits per heavy atom. The number of hydrogen-bond donors (Lipinski definition) is 1. The molecular formula is C13H14ClNO. The van der Waals surface area contributed by atoms with Crippen LogP contribution < -0.4 is 0 Å². The van der Waals surface area contributed by atoms with Gasteiger partial charge in [0.25, 0.3) is 0 Å². The molecule has 0 spiro atoms. The van der Waals surface area contributed by atoms with Crippen molar-refractivity contribution in [3.63, 3.8) is 0 Å². The van der Waals surface area contributed by atoms with Crippen molar-refractivity contribution in [2.24, 2.45) is 0 Å². The van der Waals surface area contributed by atoms with E-state index in [-0.39, 0.29) is 11.7 Å². The highest BCUT2D eigenvalue weighted by Crippen LogP contribution is 2.29. The van der Waals surface area contributed by atoms with Crippen LogP contribution in [-0.4, -0.2) is 10.8 Å². The van der Waals surface area contributed by atoms with E-state index in [9.17, 15) is 4.79 Å². The molecule has 1 atom stereocenters. The molecule has 84 valence electrons. The lowest BCUT2D eigenvalue weighted by Crippen LogP contribution is -1.99. The highest BCUT2D eigenvalue weighted by atomic mass is 35.5. The Morgan fingerprint density at radius 1 is 1.50 bits per heavy atom. The van der Waals surface area contributed by atoms with E-state index >= 15 is 0 Å². The fourth-order valence-corrected chi connectivity index (χ4v) is 2.24. The van der Waals surface area contributed by atoms with Gasteiger partial charge >= 0.3 is 0 Å². The Kier molecular flexibility index (Phi) is 3.01. The first-order valence-electron chi connectivity index (χ1n) is 5.34. The third-order valence-corrected chi connectivity index (χ3v) is 3.04. The van der Waals surface area contributed by atoms with Crippen LogP contribution in [-0.2, 0) is 4.79 Å². The van der Waals surface area contributed by atoms with Gasteiger partial charge in [0, 0.05) is 28.5 Å². The van der Waals surface area contributed by atoms with Crippen LogP contribution in [0.15, 0.2) is 24.4 Å². The molecule has 2 nitrogen and oxygen atoms in total. The number of ketones is 1. The smallest absolute Gasteiger partial charge is 0.130 e. The van der Waals surface area contributed by atoms with Gasteiger partial charge in [-0.25, -0.2) is 0 Å². The molecule has 0 saturated heterocycles. The molecule has 1 heterocycles. The first-order valence-corrected chi connectivity index (χ1v) is 5.71. The summed E-state index contributed by atoms with van der Waals surface area (Å²) in [5.74, 6) is 0.439. The molecule has 2 aromatic rings. The van der Waals surface area contributed by atoms with Gasteiger partial charge in [-0.2, -0.15) is 0 Å². The van der Waals surface area contributed by atoms with Crippen molar-refractivity contribution in [3.05, 3.63) is 35.0 Å². The molecule has 0 saturated carbocycles. The van der Waals surface area contributed by atoms with Gasteiger partial charge in [0.1, 0.15) is 5.78 Å². The fraction of sp³-hybridized carbons (Fsp3) is 0.308. The number of benzene rings is 1. The van der Waals surface area contributed by atoms with Gasteiger partial charge in [-0.15, -0.1) is 0 Å². The number of fused-ring (bicyclic) bond motifs is 1. The lowest BCUT2D eigenvalue weighted by molar-refractivity contribution is -0.117. The highest BCUT2D eigenvalue weighted by Gasteiger charge is 2.13. The molecule has 0 aliphatic rings. The molecule has 0 aliphatic carbocycles. The van der Waals surface area contributed by atoms with E-state index in [1.165, 1.54) is 0 Å². The zero-order valence-corrected chi connectivity index (χ0v) is 10.1. The SMILES string of the molecule is CC(=O)CC(C)c1c[nH]c2ccc(Cl)cc12. The minimum Gasteiger partial charge on any atom is -0.361 e. The zero-order chi connectivity index (χ0) is 11.7. The largest absolute Gasteiger partial charge is 0.361 e. The maximum absolute atomic E-state index is 11.1. The van der Waals surface area contributed by atoms with E-state index in [1.54, 1.807) is 6.92 Å². The second kappa shape index (κ2) is 4.30. The van der Waals surface area contributed by atoms with Gasteiger partial charge in [-0.05, 0) is 36.6 Å². The molecule has 3 heteroatoms. The minimum absolute atomic E-state index is 0.212. The van der Waals surface area contributed by atoms with Crippen LogP contribution in [0.5, 0.6) is 0 Å². The molecule has 2 rings (SSSR count). The van der Waals surface area contributed by atoms with E-state index in [0.717, 1.165) is 21.5 Å². The number of H-pyrrole nitrogens is 1. The van der Waals surface area contributed by atoms with Crippen LogP contribution in [0.2, 0.25) is 5.02 Å². The van der Waals surface area contributed by atoms with Gasteiger partial charge in [-0.1, -0.05) is 18.5 Å². The lowest BCUT2D eigenvalue weighted by Gasteiger charge is -2.07. The normalized spacial score (nSPS) is 12.9. The average Bonchev–Trinajstić information content (AvgIpc) is 2.59. The maximum Gasteiger partial charge on any atom is 0.130 e. The van der Waals surface area contributed by atoms with Crippen molar-refractivity contribution in [2.75, 3.05) is 0 Å². The van der Waals surface area contributed by atoms with Crippen LogP contribution in [0.4, 0.5) is 0 Å². The van der Waals surface area contributed by atoms with Crippen LogP contribution in [0.1, 0.15) is 31.7 Å². The topological polar surface area (TPSA) is 32.9 Å². The molecule has 1 aromatic carbocycles. The monoisotopic (exact) mass is 235 g/mol. The Morgan fingerprint density at radius 2 is 2.25 bits per heavy atom. The number of halogens is 1. The summed E-state index contributed by atoms with van der Waals surface area (Å²) in [4.78, 5) is 14.3. The fourth-order valence-electron chi connectivity index (χ4n) is 2.06. The molecule has 0 radical (unpaired) electrons. The molecule has 0 amide bonds. The van der Waals surface area contributed by atoms with Crippen molar-refractivity contribution in [3.8, 4) is 0 Å². The van der Waals surface area contributed by atoms with Crippen molar-refractivity contribution in [1.82, 2.24) is 4.98 Å².